The highest BCUT2D eigenvalue weighted by molar-refractivity contribution is 5.79. The van der Waals surface area contributed by atoms with Crippen LogP contribution >= 0.6 is 0 Å². The van der Waals surface area contributed by atoms with E-state index >= 15 is 0 Å². The highest BCUT2D eigenvalue weighted by Gasteiger charge is 2.05. The Bertz CT molecular complexity index is 339. The third kappa shape index (κ3) is 21.3. The molecule has 0 aliphatic carbocycles. The first-order chi connectivity index (χ1) is 13.2. The summed E-state index contributed by atoms with van der Waals surface area (Å²) in [7, 11) is 1.39. The fraction of sp³-hybridized carbons (Fsp3) is 0.917. The van der Waals surface area contributed by atoms with Gasteiger partial charge in [-0.3, -0.25) is 9.59 Å². The fourth-order valence-electron chi connectivity index (χ4n) is 3.53. The van der Waals surface area contributed by atoms with Gasteiger partial charge in [0.25, 0.3) is 0 Å². The van der Waals surface area contributed by atoms with Crippen molar-refractivity contribution in [3.63, 3.8) is 0 Å². The van der Waals surface area contributed by atoms with E-state index in [-0.39, 0.29) is 5.97 Å². The van der Waals surface area contributed by atoms with Crippen molar-refractivity contribution >= 4 is 11.8 Å². The zero-order valence-corrected chi connectivity index (χ0v) is 18.4. The molecule has 0 radical (unpaired) electrons. The Kier molecular flexibility index (Phi) is 20.8. The van der Waals surface area contributed by atoms with Crippen molar-refractivity contribution in [2.45, 2.75) is 135 Å². The lowest BCUT2D eigenvalue weighted by Crippen LogP contribution is -2.03. The molecule has 0 bridgehead atoms. The molecule has 3 heteroatoms. The smallest absolute Gasteiger partial charge is 0.305 e. The highest BCUT2D eigenvalue weighted by atomic mass is 16.5. The summed E-state index contributed by atoms with van der Waals surface area (Å²) in [5.74, 6) is 0.0782. The van der Waals surface area contributed by atoms with E-state index in [4.69, 9.17) is 0 Å². The zero-order valence-electron chi connectivity index (χ0n) is 18.4. The molecule has 0 amide bonds. The molecule has 0 spiro atoms. The maximum atomic E-state index is 11.7. The number of esters is 1. The molecule has 0 fully saturated rings. The van der Waals surface area contributed by atoms with E-state index < -0.39 is 0 Å². The number of Topliss-reactive ketones (excluding diaryl/α,β-unsaturated/α-hetero) is 1. The minimum absolute atomic E-state index is 0.217. The number of carbonyl (C=O) groups is 2. The zero-order chi connectivity index (χ0) is 20.0. The summed E-state index contributed by atoms with van der Waals surface area (Å²) in [5, 5.41) is 0. The van der Waals surface area contributed by atoms with Gasteiger partial charge in [-0.05, 0) is 12.8 Å². The molecule has 3 nitrogen and oxygen atoms in total. The summed E-state index contributed by atoms with van der Waals surface area (Å²) < 4.78 is 4.58. The van der Waals surface area contributed by atoms with Gasteiger partial charge >= 0.3 is 5.97 Å². The molecule has 0 saturated heterocycles. The van der Waals surface area contributed by atoms with Gasteiger partial charge in [0.2, 0.25) is 0 Å². The van der Waals surface area contributed by atoms with Crippen molar-refractivity contribution in [1.82, 2.24) is 0 Å². The number of ketones is 1. The van der Waals surface area contributed by atoms with Crippen LogP contribution in [0.2, 0.25) is 0 Å². The van der Waals surface area contributed by atoms with Gasteiger partial charge in [-0.25, -0.2) is 0 Å². The number of methoxy groups -OCH3 is 1. The number of rotatable bonds is 21. The first-order valence-electron chi connectivity index (χ1n) is 11.8. The molecule has 0 aliphatic heterocycles. The van der Waals surface area contributed by atoms with E-state index in [9.17, 15) is 9.59 Å². The van der Waals surface area contributed by atoms with Gasteiger partial charge in [0.05, 0.1) is 7.11 Å². The van der Waals surface area contributed by atoms with E-state index in [0.29, 0.717) is 31.5 Å². The lowest BCUT2D eigenvalue weighted by atomic mass is 10.0. The molecule has 0 heterocycles. The molecular formula is C24H46O3. The quantitative estimate of drug-likeness (QED) is 0.152. The molecular weight excluding hydrogens is 336 g/mol. The largest absolute Gasteiger partial charge is 0.469 e. The molecule has 0 atom stereocenters. The number of hydrogen-bond acceptors (Lipinski definition) is 3. The van der Waals surface area contributed by atoms with Gasteiger partial charge < -0.3 is 4.74 Å². The van der Waals surface area contributed by atoms with Crippen LogP contribution < -0.4 is 0 Å². The van der Waals surface area contributed by atoms with Crippen molar-refractivity contribution in [2.24, 2.45) is 0 Å². The summed E-state index contributed by atoms with van der Waals surface area (Å²) in [5.41, 5.74) is 0. The lowest BCUT2D eigenvalue weighted by Gasteiger charge is -2.04. The van der Waals surface area contributed by atoms with Gasteiger partial charge in [0.15, 0.2) is 0 Å². The third-order valence-electron chi connectivity index (χ3n) is 5.37. The Balaban J connectivity index is 3.14. The Morgan fingerprint density at radius 1 is 0.519 bits per heavy atom. The number of hydrogen-bond donors (Lipinski definition) is 0. The second-order valence-electron chi connectivity index (χ2n) is 8.02. The van der Waals surface area contributed by atoms with Crippen LogP contribution in [0.1, 0.15) is 135 Å². The Morgan fingerprint density at radius 2 is 0.889 bits per heavy atom. The third-order valence-corrected chi connectivity index (χ3v) is 5.37. The first-order valence-corrected chi connectivity index (χ1v) is 11.8. The molecule has 0 aromatic carbocycles. The van der Waals surface area contributed by atoms with Crippen LogP contribution in [0.15, 0.2) is 0 Å². The summed E-state index contributed by atoms with van der Waals surface area (Å²) in [6.45, 7) is 2.28. The van der Waals surface area contributed by atoms with Crippen LogP contribution in [0.5, 0.6) is 0 Å². The predicted octanol–water partition coefficient (Wildman–Crippen LogP) is 7.55. The van der Waals surface area contributed by atoms with Gasteiger partial charge in [-0.15, -0.1) is 0 Å². The second kappa shape index (κ2) is 21.4. The Hall–Kier alpha value is -0.860. The van der Waals surface area contributed by atoms with E-state index in [0.717, 1.165) is 6.42 Å². The standard InChI is InChI=1S/C24H46O3/c1-3-4-5-6-7-8-9-10-11-12-13-14-15-16-17-18-20-23(25)21-19-22-24(26)27-2/h3-22H2,1-2H3. The average molecular weight is 383 g/mol. The van der Waals surface area contributed by atoms with Crippen LogP contribution in [-0.2, 0) is 14.3 Å². The molecule has 160 valence electrons. The topological polar surface area (TPSA) is 43.4 Å². The molecule has 0 rings (SSSR count). The van der Waals surface area contributed by atoms with E-state index in [2.05, 4.69) is 11.7 Å². The van der Waals surface area contributed by atoms with Crippen molar-refractivity contribution < 1.29 is 14.3 Å². The number of carbonyl (C=O) groups excluding carboxylic acids is 2. The van der Waals surface area contributed by atoms with Crippen molar-refractivity contribution in [3.8, 4) is 0 Å². The monoisotopic (exact) mass is 382 g/mol. The molecule has 0 aromatic rings. The van der Waals surface area contributed by atoms with Crippen LogP contribution in [0.4, 0.5) is 0 Å². The maximum Gasteiger partial charge on any atom is 0.305 e. The molecule has 0 aromatic heterocycles. The normalized spacial score (nSPS) is 10.9. The second-order valence-corrected chi connectivity index (χ2v) is 8.02. The first kappa shape index (κ1) is 26.1. The van der Waals surface area contributed by atoms with Crippen molar-refractivity contribution in [2.75, 3.05) is 7.11 Å². The minimum atomic E-state index is -0.217. The summed E-state index contributed by atoms with van der Waals surface area (Å²) >= 11 is 0. The van der Waals surface area contributed by atoms with Crippen molar-refractivity contribution in [3.05, 3.63) is 0 Å². The summed E-state index contributed by atoms with van der Waals surface area (Å²) in [6, 6.07) is 0. The summed E-state index contributed by atoms with van der Waals surface area (Å²) in [4.78, 5) is 22.7. The highest BCUT2D eigenvalue weighted by Crippen LogP contribution is 2.14. The minimum Gasteiger partial charge on any atom is -0.469 e. The van der Waals surface area contributed by atoms with Crippen LogP contribution in [0, 0.1) is 0 Å². The molecule has 27 heavy (non-hydrogen) atoms. The maximum absolute atomic E-state index is 11.7. The number of ether oxygens (including phenoxy) is 1. The van der Waals surface area contributed by atoms with Gasteiger partial charge in [-0.1, -0.05) is 103 Å². The average Bonchev–Trinajstić information content (AvgIpc) is 2.67. The van der Waals surface area contributed by atoms with Crippen LogP contribution in [-0.4, -0.2) is 18.9 Å². The van der Waals surface area contributed by atoms with Gasteiger partial charge in [-0.2, -0.15) is 0 Å². The lowest BCUT2D eigenvalue weighted by molar-refractivity contribution is -0.140. The van der Waals surface area contributed by atoms with E-state index in [1.807, 2.05) is 0 Å². The molecule has 0 unspecified atom stereocenters. The van der Waals surface area contributed by atoms with Crippen molar-refractivity contribution in [1.29, 1.82) is 0 Å². The van der Waals surface area contributed by atoms with Crippen LogP contribution in [0.25, 0.3) is 0 Å². The predicted molar refractivity (Wildman–Crippen MR) is 115 cm³/mol. The van der Waals surface area contributed by atoms with E-state index in [1.165, 1.54) is 103 Å². The Labute approximate surface area is 169 Å². The molecule has 0 saturated carbocycles. The SMILES string of the molecule is CCCCCCCCCCCCCCCCCCC(=O)CCCC(=O)OC. The Morgan fingerprint density at radius 3 is 1.30 bits per heavy atom. The van der Waals surface area contributed by atoms with Gasteiger partial charge in [0, 0.05) is 19.3 Å². The van der Waals surface area contributed by atoms with Gasteiger partial charge in [0.1, 0.15) is 5.78 Å². The van der Waals surface area contributed by atoms with Crippen LogP contribution in [0.3, 0.4) is 0 Å². The number of unbranched alkanes of at least 4 members (excludes halogenated alkanes) is 15. The molecule has 0 aliphatic rings. The summed E-state index contributed by atoms with van der Waals surface area (Å²) in [6.07, 6.45) is 23.8. The molecule has 0 N–H and O–H groups in total. The fourth-order valence-corrected chi connectivity index (χ4v) is 3.53. The van der Waals surface area contributed by atoms with E-state index in [1.54, 1.807) is 0 Å².